The number of aromatic amines is 1. The number of benzene rings is 1. The maximum absolute atomic E-state index is 13.2. The largest absolute Gasteiger partial charge is 0.343 e. The van der Waals surface area contributed by atoms with Crippen LogP contribution in [0.1, 0.15) is 43.5 Å². The maximum Gasteiger partial charge on any atom is 0.225 e. The summed E-state index contributed by atoms with van der Waals surface area (Å²) in [6.07, 6.45) is 4.88. The van der Waals surface area contributed by atoms with Crippen molar-refractivity contribution in [3.8, 4) is 0 Å². The normalized spacial score (nSPS) is 17.1. The fraction of sp³-hybridized carbons (Fsp3) is 0.467. The molecular formula is C15H18FN5O. The lowest BCUT2D eigenvalue weighted by Crippen LogP contribution is -2.48. The summed E-state index contributed by atoms with van der Waals surface area (Å²) in [5, 5.41) is 17.2. The number of nitrogens with zero attached hydrogens (tertiary/aromatic N) is 3. The van der Waals surface area contributed by atoms with Crippen molar-refractivity contribution in [2.24, 2.45) is 0 Å². The third kappa shape index (κ3) is 3.13. The van der Waals surface area contributed by atoms with E-state index in [4.69, 9.17) is 0 Å². The molecular weight excluding hydrogens is 285 g/mol. The van der Waals surface area contributed by atoms with Gasteiger partial charge in [-0.05, 0) is 30.5 Å². The van der Waals surface area contributed by atoms with Gasteiger partial charge in [0, 0.05) is 0 Å². The van der Waals surface area contributed by atoms with E-state index >= 15 is 0 Å². The second kappa shape index (κ2) is 6.21. The molecule has 1 saturated carbocycles. The van der Waals surface area contributed by atoms with E-state index in [0.717, 1.165) is 32.1 Å². The van der Waals surface area contributed by atoms with Crippen molar-refractivity contribution in [3.63, 3.8) is 0 Å². The highest BCUT2D eigenvalue weighted by molar-refractivity contribution is 5.79. The molecule has 0 bridgehead atoms. The van der Waals surface area contributed by atoms with Gasteiger partial charge in [0.25, 0.3) is 0 Å². The Morgan fingerprint density at radius 2 is 2.14 bits per heavy atom. The standard InChI is InChI=1S/C15H18FN5O/c16-12-6-4-5-11(9-12)10-13(22)17-15(7-2-1-3-8-15)14-18-20-21-19-14/h4-6,9H,1-3,7-8,10H2,(H,17,22)(H,18,19,20,21). The average Bonchev–Trinajstić information content (AvgIpc) is 3.03. The van der Waals surface area contributed by atoms with Crippen LogP contribution in [0.2, 0.25) is 0 Å². The first-order chi connectivity index (χ1) is 10.7. The zero-order valence-corrected chi connectivity index (χ0v) is 12.2. The number of H-pyrrole nitrogens is 1. The molecule has 0 atom stereocenters. The summed E-state index contributed by atoms with van der Waals surface area (Å²) in [4.78, 5) is 12.4. The van der Waals surface area contributed by atoms with Crippen LogP contribution >= 0.6 is 0 Å². The third-order valence-corrected chi connectivity index (χ3v) is 4.11. The molecule has 1 aromatic heterocycles. The van der Waals surface area contributed by atoms with Crippen LogP contribution in [-0.4, -0.2) is 26.5 Å². The van der Waals surface area contributed by atoms with Crippen LogP contribution in [0.5, 0.6) is 0 Å². The molecule has 6 nitrogen and oxygen atoms in total. The zero-order valence-electron chi connectivity index (χ0n) is 12.2. The van der Waals surface area contributed by atoms with Crippen LogP contribution in [0.25, 0.3) is 0 Å². The van der Waals surface area contributed by atoms with Crippen molar-refractivity contribution in [1.82, 2.24) is 25.9 Å². The second-order valence-electron chi connectivity index (χ2n) is 5.73. The Bertz CT molecular complexity index is 637. The summed E-state index contributed by atoms with van der Waals surface area (Å²) >= 11 is 0. The molecule has 2 N–H and O–H groups in total. The van der Waals surface area contributed by atoms with Gasteiger partial charge in [-0.15, -0.1) is 10.2 Å². The van der Waals surface area contributed by atoms with Crippen molar-refractivity contribution in [1.29, 1.82) is 0 Å². The Morgan fingerprint density at radius 3 is 2.82 bits per heavy atom. The molecule has 1 fully saturated rings. The molecule has 0 unspecified atom stereocenters. The lowest BCUT2D eigenvalue weighted by Gasteiger charge is -2.35. The Kier molecular flexibility index (Phi) is 4.13. The maximum atomic E-state index is 13.2. The van der Waals surface area contributed by atoms with Crippen LogP contribution in [0.3, 0.4) is 0 Å². The molecule has 7 heteroatoms. The number of carbonyl (C=O) groups excluding carboxylic acids is 1. The minimum atomic E-state index is -0.560. The van der Waals surface area contributed by atoms with E-state index in [2.05, 4.69) is 25.9 Å². The number of hydrogen-bond acceptors (Lipinski definition) is 4. The molecule has 0 aliphatic heterocycles. The fourth-order valence-corrected chi connectivity index (χ4v) is 3.07. The summed E-state index contributed by atoms with van der Waals surface area (Å²) in [6.45, 7) is 0. The van der Waals surface area contributed by atoms with Crippen LogP contribution in [0, 0.1) is 5.82 Å². The van der Waals surface area contributed by atoms with Gasteiger partial charge in [0.05, 0.1) is 6.42 Å². The minimum Gasteiger partial charge on any atom is -0.343 e. The van der Waals surface area contributed by atoms with Gasteiger partial charge in [-0.1, -0.05) is 36.6 Å². The molecule has 1 aromatic carbocycles. The van der Waals surface area contributed by atoms with Crippen LogP contribution < -0.4 is 5.32 Å². The molecule has 1 heterocycles. The van der Waals surface area contributed by atoms with E-state index in [9.17, 15) is 9.18 Å². The van der Waals surface area contributed by atoms with Crippen molar-refractivity contribution >= 4 is 5.91 Å². The third-order valence-electron chi connectivity index (χ3n) is 4.11. The van der Waals surface area contributed by atoms with Gasteiger partial charge in [-0.25, -0.2) is 4.39 Å². The quantitative estimate of drug-likeness (QED) is 0.903. The van der Waals surface area contributed by atoms with Crippen molar-refractivity contribution in [2.75, 3.05) is 0 Å². The molecule has 0 radical (unpaired) electrons. The molecule has 1 amide bonds. The Morgan fingerprint density at radius 1 is 1.32 bits per heavy atom. The first-order valence-corrected chi connectivity index (χ1v) is 7.47. The van der Waals surface area contributed by atoms with Crippen LogP contribution in [-0.2, 0) is 16.8 Å². The number of carbonyl (C=O) groups is 1. The Hall–Kier alpha value is -2.31. The Labute approximate surface area is 127 Å². The number of halogens is 1. The van der Waals surface area contributed by atoms with Crippen molar-refractivity contribution < 1.29 is 9.18 Å². The molecule has 0 saturated heterocycles. The van der Waals surface area contributed by atoms with Crippen molar-refractivity contribution in [2.45, 2.75) is 44.1 Å². The summed E-state index contributed by atoms with van der Waals surface area (Å²) in [5.41, 5.74) is 0.0897. The first kappa shape index (κ1) is 14.6. The van der Waals surface area contributed by atoms with E-state index in [0.29, 0.717) is 11.4 Å². The molecule has 116 valence electrons. The van der Waals surface area contributed by atoms with E-state index in [1.165, 1.54) is 12.1 Å². The number of hydrogen-bond donors (Lipinski definition) is 2. The number of rotatable bonds is 4. The average molecular weight is 303 g/mol. The summed E-state index contributed by atoms with van der Waals surface area (Å²) in [6, 6.07) is 6.09. The van der Waals surface area contributed by atoms with Gasteiger partial charge in [-0.2, -0.15) is 5.21 Å². The van der Waals surface area contributed by atoms with Crippen LogP contribution in [0.15, 0.2) is 24.3 Å². The molecule has 2 aromatic rings. The smallest absolute Gasteiger partial charge is 0.225 e. The molecule has 0 spiro atoms. The predicted molar refractivity (Wildman–Crippen MR) is 77.2 cm³/mol. The van der Waals surface area contributed by atoms with Gasteiger partial charge >= 0.3 is 0 Å². The molecule has 1 aliphatic carbocycles. The number of nitrogens with one attached hydrogen (secondary N) is 2. The van der Waals surface area contributed by atoms with E-state index in [-0.39, 0.29) is 18.1 Å². The van der Waals surface area contributed by atoms with Gasteiger partial charge in [-0.3, -0.25) is 4.79 Å². The monoisotopic (exact) mass is 303 g/mol. The van der Waals surface area contributed by atoms with Gasteiger partial charge in [0.15, 0.2) is 5.82 Å². The highest BCUT2D eigenvalue weighted by Gasteiger charge is 2.39. The highest BCUT2D eigenvalue weighted by atomic mass is 19.1. The van der Waals surface area contributed by atoms with E-state index < -0.39 is 5.54 Å². The van der Waals surface area contributed by atoms with Crippen molar-refractivity contribution in [3.05, 3.63) is 41.5 Å². The SMILES string of the molecule is O=C(Cc1cccc(F)c1)NC1(c2nn[nH]n2)CCCCC1. The molecule has 3 rings (SSSR count). The topological polar surface area (TPSA) is 83.6 Å². The molecule has 22 heavy (non-hydrogen) atoms. The van der Waals surface area contributed by atoms with Gasteiger partial charge < -0.3 is 5.32 Å². The predicted octanol–water partition coefficient (Wildman–Crippen LogP) is 1.86. The minimum absolute atomic E-state index is 0.136. The lowest BCUT2D eigenvalue weighted by atomic mass is 9.81. The first-order valence-electron chi connectivity index (χ1n) is 7.47. The number of aromatic nitrogens is 4. The van der Waals surface area contributed by atoms with Gasteiger partial charge in [0.1, 0.15) is 11.4 Å². The summed E-state index contributed by atoms with van der Waals surface area (Å²) in [7, 11) is 0. The second-order valence-corrected chi connectivity index (χ2v) is 5.73. The van der Waals surface area contributed by atoms with E-state index in [1.807, 2.05) is 0 Å². The fourth-order valence-electron chi connectivity index (χ4n) is 3.07. The molecule has 1 aliphatic rings. The summed E-state index contributed by atoms with van der Waals surface area (Å²) in [5.74, 6) is 0.0351. The van der Waals surface area contributed by atoms with Gasteiger partial charge in [0.2, 0.25) is 5.91 Å². The van der Waals surface area contributed by atoms with E-state index in [1.54, 1.807) is 12.1 Å². The zero-order chi connectivity index (χ0) is 15.4. The lowest BCUT2D eigenvalue weighted by molar-refractivity contribution is -0.123. The Balaban J connectivity index is 1.74. The number of tetrazole rings is 1. The summed E-state index contributed by atoms with van der Waals surface area (Å²) < 4.78 is 13.2. The highest BCUT2D eigenvalue weighted by Crippen LogP contribution is 2.35. The van der Waals surface area contributed by atoms with Crippen LogP contribution in [0.4, 0.5) is 4.39 Å². The number of amides is 1.